The number of hydrogen-bond acceptors (Lipinski definition) is 4. The first-order valence-electron chi connectivity index (χ1n) is 7.73. The van der Waals surface area contributed by atoms with Crippen LogP contribution in [0.4, 0.5) is 0 Å². The molecule has 0 amide bonds. The molecular formula is C15H26BrN3S2. The number of halogens is 1. The minimum atomic E-state index is 0.517. The van der Waals surface area contributed by atoms with Crippen LogP contribution in [0.15, 0.2) is 4.47 Å². The van der Waals surface area contributed by atoms with E-state index in [9.17, 15) is 0 Å². The summed E-state index contributed by atoms with van der Waals surface area (Å²) in [7, 11) is 2.05. The van der Waals surface area contributed by atoms with Gasteiger partial charge in [-0.2, -0.15) is 28.6 Å². The van der Waals surface area contributed by atoms with Crippen molar-refractivity contribution in [3.8, 4) is 0 Å². The minimum absolute atomic E-state index is 0.517. The van der Waals surface area contributed by atoms with Crippen molar-refractivity contribution >= 4 is 39.5 Å². The highest BCUT2D eigenvalue weighted by Gasteiger charge is 2.32. The van der Waals surface area contributed by atoms with Gasteiger partial charge in [0.1, 0.15) is 0 Å². The van der Waals surface area contributed by atoms with E-state index in [1.54, 1.807) is 0 Å². The molecule has 0 bridgehead atoms. The smallest absolute Gasteiger partial charge is 0.0738 e. The molecule has 2 rings (SSSR count). The van der Waals surface area contributed by atoms with Crippen LogP contribution in [0.1, 0.15) is 31.7 Å². The Morgan fingerprint density at radius 2 is 2.10 bits per heavy atom. The molecule has 1 aromatic rings. The molecule has 0 radical (unpaired) electrons. The Hall–Kier alpha value is 0.350. The molecule has 1 fully saturated rings. The second-order valence-electron chi connectivity index (χ2n) is 5.49. The van der Waals surface area contributed by atoms with E-state index in [-0.39, 0.29) is 0 Å². The molecule has 1 aliphatic heterocycles. The minimum Gasteiger partial charge on any atom is -0.313 e. The number of nitrogens with one attached hydrogen (secondary N) is 1. The molecule has 3 atom stereocenters. The van der Waals surface area contributed by atoms with Crippen molar-refractivity contribution in [3.05, 3.63) is 15.9 Å². The van der Waals surface area contributed by atoms with Crippen LogP contribution in [0, 0.1) is 6.92 Å². The molecule has 21 heavy (non-hydrogen) atoms. The van der Waals surface area contributed by atoms with Crippen molar-refractivity contribution in [2.45, 2.75) is 50.2 Å². The fraction of sp³-hybridized carbons (Fsp3) is 0.800. The first-order chi connectivity index (χ1) is 10.1. The molecule has 1 aromatic heterocycles. The summed E-state index contributed by atoms with van der Waals surface area (Å²) in [6.07, 6.45) is 2.30. The van der Waals surface area contributed by atoms with Crippen molar-refractivity contribution in [3.63, 3.8) is 0 Å². The Morgan fingerprint density at radius 3 is 2.67 bits per heavy atom. The topological polar surface area (TPSA) is 29.9 Å². The zero-order chi connectivity index (χ0) is 15.4. The van der Waals surface area contributed by atoms with E-state index in [2.05, 4.69) is 77.7 Å². The van der Waals surface area contributed by atoms with Gasteiger partial charge in [-0.05, 0) is 35.8 Å². The molecule has 3 nitrogen and oxygen atoms in total. The number of rotatable bonds is 6. The lowest BCUT2D eigenvalue weighted by Gasteiger charge is -2.36. The van der Waals surface area contributed by atoms with E-state index in [0.29, 0.717) is 11.3 Å². The van der Waals surface area contributed by atoms with Crippen molar-refractivity contribution in [1.29, 1.82) is 0 Å². The van der Waals surface area contributed by atoms with E-state index >= 15 is 0 Å². The van der Waals surface area contributed by atoms with Gasteiger partial charge in [0.25, 0.3) is 0 Å². The zero-order valence-electron chi connectivity index (χ0n) is 13.4. The van der Waals surface area contributed by atoms with E-state index in [1.165, 1.54) is 28.1 Å². The highest BCUT2D eigenvalue weighted by molar-refractivity contribution is 9.10. The fourth-order valence-corrected chi connectivity index (χ4v) is 6.75. The summed E-state index contributed by atoms with van der Waals surface area (Å²) in [6.45, 7) is 7.62. The molecule has 1 saturated heterocycles. The maximum absolute atomic E-state index is 4.54. The van der Waals surface area contributed by atoms with Crippen LogP contribution in [-0.2, 0) is 13.5 Å². The van der Waals surface area contributed by atoms with Crippen LogP contribution >= 0.6 is 39.5 Å². The third-order valence-corrected chi connectivity index (χ3v) is 8.47. The second kappa shape index (κ2) is 8.27. The van der Waals surface area contributed by atoms with E-state index in [1.807, 2.05) is 4.68 Å². The van der Waals surface area contributed by atoms with Crippen LogP contribution < -0.4 is 5.32 Å². The molecule has 0 saturated carbocycles. The van der Waals surface area contributed by atoms with Gasteiger partial charge in [0.15, 0.2) is 0 Å². The molecule has 0 aromatic carbocycles. The fourth-order valence-electron chi connectivity index (χ4n) is 2.99. The Kier molecular flexibility index (Phi) is 6.97. The summed E-state index contributed by atoms with van der Waals surface area (Å²) < 4.78 is 3.21. The van der Waals surface area contributed by atoms with Crippen LogP contribution in [0.5, 0.6) is 0 Å². The maximum atomic E-state index is 4.54. The summed E-state index contributed by atoms with van der Waals surface area (Å²) in [5, 5.41) is 9.73. The van der Waals surface area contributed by atoms with Gasteiger partial charge in [0.2, 0.25) is 0 Å². The predicted molar refractivity (Wildman–Crippen MR) is 99.6 cm³/mol. The van der Waals surface area contributed by atoms with Gasteiger partial charge in [-0.3, -0.25) is 4.68 Å². The second-order valence-corrected chi connectivity index (χ2v) is 8.92. The van der Waals surface area contributed by atoms with Gasteiger partial charge >= 0.3 is 0 Å². The van der Waals surface area contributed by atoms with Gasteiger partial charge in [0, 0.05) is 41.5 Å². The first-order valence-corrected chi connectivity index (χ1v) is 10.6. The van der Waals surface area contributed by atoms with Crippen molar-refractivity contribution < 1.29 is 0 Å². The highest BCUT2D eigenvalue weighted by atomic mass is 79.9. The normalized spacial score (nSPS) is 24.2. The molecule has 2 heterocycles. The first kappa shape index (κ1) is 17.7. The molecule has 0 aliphatic carbocycles. The SMILES string of the molecule is CCNC(Cc1c(Br)c(C)nn1C)C1SCCSC1CC. The molecule has 1 N–H and O–H groups in total. The maximum Gasteiger partial charge on any atom is 0.0738 e. The summed E-state index contributed by atoms with van der Waals surface area (Å²) in [6, 6.07) is 0.517. The average Bonchev–Trinajstić information content (AvgIpc) is 2.73. The number of aryl methyl sites for hydroxylation is 2. The lowest BCUT2D eigenvalue weighted by Crippen LogP contribution is -2.46. The molecule has 3 unspecified atom stereocenters. The van der Waals surface area contributed by atoms with Gasteiger partial charge in [-0.1, -0.05) is 13.8 Å². The van der Waals surface area contributed by atoms with Crippen molar-refractivity contribution in [2.75, 3.05) is 18.1 Å². The lowest BCUT2D eigenvalue weighted by molar-refractivity contribution is 0.476. The third kappa shape index (κ3) is 4.21. The molecule has 120 valence electrons. The number of likely N-dealkylation sites (N-methyl/N-ethyl adjacent to an activating group) is 1. The van der Waals surface area contributed by atoms with Crippen LogP contribution in [0.25, 0.3) is 0 Å². The largest absolute Gasteiger partial charge is 0.313 e. The summed E-state index contributed by atoms with van der Waals surface area (Å²) in [5.74, 6) is 2.58. The van der Waals surface area contributed by atoms with Crippen LogP contribution in [-0.4, -0.2) is 44.4 Å². The van der Waals surface area contributed by atoms with Gasteiger partial charge < -0.3 is 5.32 Å². The molecular weight excluding hydrogens is 366 g/mol. The van der Waals surface area contributed by atoms with Gasteiger partial charge in [0.05, 0.1) is 15.9 Å². The number of thioether (sulfide) groups is 2. The summed E-state index contributed by atoms with van der Waals surface area (Å²) in [4.78, 5) is 0. The van der Waals surface area contributed by atoms with E-state index in [0.717, 1.165) is 23.9 Å². The van der Waals surface area contributed by atoms with Crippen LogP contribution in [0.3, 0.4) is 0 Å². The van der Waals surface area contributed by atoms with Gasteiger partial charge in [-0.15, -0.1) is 0 Å². The molecule has 6 heteroatoms. The monoisotopic (exact) mass is 391 g/mol. The Balaban J connectivity index is 2.18. The Bertz CT molecular complexity index is 464. The van der Waals surface area contributed by atoms with Gasteiger partial charge in [-0.25, -0.2) is 0 Å². The predicted octanol–water partition coefficient (Wildman–Crippen LogP) is 3.64. The van der Waals surface area contributed by atoms with Crippen molar-refractivity contribution in [2.24, 2.45) is 7.05 Å². The van der Waals surface area contributed by atoms with Crippen molar-refractivity contribution in [1.82, 2.24) is 15.1 Å². The Morgan fingerprint density at radius 1 is 1.38 bits per heavy atom. The van der Waals surface area contributed by atoms with E-state index < -0.39 is 0 Å². The standard InChI is InChI=1S/C15H26BrN3S2/c1-5-13-15(21-8-7-20-13)11(17-6-2)9-12-14(16)10(3)18-19(12)4/h11,13,15,17H,5-9H2,1-4H3. The zero-order valence-corrected chi connectivity index (χ0v) is 16.6. The highest BCUT2D eigenvalue weighted by Crippen LogP contribution is 2.36. The quantitative estimate of drug-likeness (QED) is 0.801. The molecule has 1 aliphatic rings. The Labute approximate surface area is 145 Å². The van der Waals surface area contributed by atoms with Crippen LogP contribution in [0.2, 0.25) is 0 Å². The summed E-state index contributed by atoms with van der Waals surface area (Å²) in [5.41, 5.74) is 2.39. The summed E-state index contributed by atoms with van der Waals surface area (Å²) >= 11 is 8.02. The van der Waals surface area contributed by atoms with E-state index in [4.69, 9.17) is 0 Å². The lowest BCUT2D eigenvalue weighted by atomic mass is 10.0. The molecule has 0 spiro atoms. The number of nitrogens with zero attached hydrogens (tertiary/aromatic N) is 2. The number of hydrogen-bond donors (Lipinski definition) is 1. The number of aromatic nitrogens is 2. The third-order valence-electron chi connectivity index (χ3n) is 4.03. The average molecular weight is 392 g/mol.